The van der Waals surface area contributed by atoms with E-state index in [2.05, 4.69) is 10.6 Å². The van der Waals surface area contributed by atoms with E-state index in [9.17, 15) is 9.18 Å². The molecule has 0 bridgehead atoms. The molecule has 1 aromatic carbocycles. The molecule has 1 unspecified atom stereocenters. The number of carbonyl (C=O) groups excluding carboxylic acids is 1. The number of benzene rings is 1. The van der Waals surface area contributed by atoms with Crippen molar-refractivity contribution in [2.45, 2.75) is 12.6 Å². The number of halogens is 1. The largest absolute Gasteiger partial charge is 0.377 e. The van der Waals surface area contributed by atoms with Crippen molar-refractivity contribution in [3.05, 3.63) is 29.6 Å². The summed E-state index contributed by atoms with van der Waals surface area (Å²) in [7, 11) is 3.36. The van der Waals surface area contributed by atoms with Gasteiger partial charge >= 0.3 is 0 Å². The maximum atomic E-state index is 14.0. The fourth-order valence-electron chi connectivity index (χ4n) is 2.44. The predicted octanol–water partition coefficient (Wildman–Crippen LogP) is 0.496. The fourth-order valence-corrected chi connectivity index (χ4v) is 2.44. The molecular formula is C14H20FN3O2. The molecule has 110 valence electrons. The Labute approximate surface area is 118 Å². The van der Waals surface area contributed by atoms with Gasteiger partial charge in [-0.15, -0.1) is 0 Å². The lowest BCUT2D eigenvalue weighted by molar-refractivity contribution is -0.124. The Bertz CT molecular complexity index is 481. The van der Waals surface area contributed by atoms with Gasteiger partial charge in [0.2, 0.25) is 5.91 Å². The van der Waals surface area contributed by atoms with E-state index >= 15 is 0 Å². The van der Waals surface area contributed by atoms with E-state index in [4.69, 9.17) is 4.74 Å². The fraction of sp³-hybridized carbons (Fsp3) is 0.500. The first-order valence-corrected chi connectivity index (χ1v) is 6.67. The highest BCUT2D eigenvalue weighted by Crippen LogP contribution is 2.26. The van der Waals surface area contributed by atoms with E-state index in [1.54, 1.807) is 20.2 Å². The molecule has 1 fully saturated rings. The summed E-state index contributed by atoms with van der Waals surface area (Å²) >= 11 is 0. The molecule has 1 aromatic rings. The first-order chi connectivity index (χ1) is 9.69. The first-order valence-electron chi connectivity index (χ1n) is 6.67. The van der Waals surface area contributed by atoms with Crippen LogP contribution < -0.4 is 15.5 Å². The third-order valence-corrected chi connectivity index (χ3v) is 3.43. The van der Waals surface area contributed by atoms with Gasteiger partial charge in [0.1, 0.15) is 11.9 Å². The van der Waals surface area contributed by atoms with Crippen LogP contribution in [0, 0.1) is 5.82 Å². The van der Waals surface area contributed by atoms with Gasteiger partial charge in [0.25, 0.3) is 0 Å². The minimum absolute atomic E-state index is 0.121. The van der Waals surface area contributed by atoms with Gasteiger partial charge in [-0.25, -0.2) is 4.39 Å². The molecule has 0 radical (unpaired) electrons. The summed E-state index contributed by atoms with van der Waals surface area (Å²) in [5, 5.41) is 5.59. The van der Waals surface area contributed by atoms with Crippen LogP contribution in [0.5, 0.6) is 0 Å². The minimum atomic E-state index is -0.425. The number of amides is 1. The standard InChI is InChI=1S/C14H20FN3O2/c1-16-8-10-11(15)4-3-5-12(10)18-6-7-20-9-13(18)14(19)17-2/h3-5,13,16H,6-9H2,1-2H3,(H,17,19). The molecule has 1 amide bonds. The zero-order chi connectivity index (χ0) is 14.5. The normalized spacial score (nSPS) is 18.9. The average Bonchev–Trinajstić information content (AvgIpc) is 2.49. The maximum absolute atomic E-state index is 14.0. The van der Waals surface area contributed by atoms with Crippen LogP contribution in [-0.4, -0.2) is 45.8 Å². The molecular weight excluding hydrogens is 261 g/mol. The lowest BCUT2D eigenvalue weighted by Crippen LogP contribution is -2.53. The van der Waals surface area contributed by atoms with Crippen LogP contribution in [0.3, 0.4) is 0 Å². The summed E-state index contributed by atoms with van der Waals surface area (Å²) in [5.41, 5.74) is 1.32. The third-order valence-electron chi connectivity index (χ3n) is 3.43. The Hall–Kier alpha value is -1.66. The Kier molecular flexibility index (Phi) is 4.92. The number of morpholine rings is 1. The van der Waals surface area contributed by atoms with Gasteiger partial charge < -0.3 is 20.3 Å². The van der Waals surface area contributed by atoms with Crippen LogP contribution >= 0.6 is 0 Å². The average molecular weight is 281 g/mol. The first kappa shape index (κ1) is 14.7. The van der Waals surface area contributed by atoms with Gasteiger partial charge in [0.05, 0.1) is 13.2 Å². The van der Waals surface area contributed by atoms with E-state index in [-0.39, 0.29) is 11.7 Å². The van der Waals surface area contributed by atoms with Crippen molar-refractivity contribution in [3.8, 4) is 0 Å². The Morgan fingerprint density at radius 2 is 2.30 bits per heavy atom. The number of nitrogens with one attached hydrogen (secondary N) is 2. The maximum Gasteiger partial charge on any atom is 0.244 e. The molecule has 0 aromatic heterocycles. The van der Waals surface area contributed by atoms with Gasteiger partial charge in [-0.05, 0) is 19.2 Å². The third kappa shape index (κ3) is 2.91. The molecule has 20 heavy (non-hydrogen) atoms. The summed E-state index contributed by atoms with van der Waals surface area (Å²) in [5.74, 6) is -0.386. The Morgan fingerprint density at radius 3 is 3.00 bits per heavy atom. The van der Waals surface area contributed by atoms with Crippen molar-refractivity contribution < 1.29 is 13.9 Å². The van der Waals surface area contributed by atoms with E-state index < -0.39 is 6.04 Å². The number of likely N-dealkylation sites (N-methyl/N-ethyl adjacent to an activating group) is 1. The van der Waals surface area contributed by atoms with Gasteiger partial charge in [-0.2, -0.15) is 0 Å². The molecule has 1 aliphatic rings. The molecule has 0 aliphatic carbocycles. The zero-order valence-corrected chi connectivity index (χ0v) is 11.8. The SMILES string of the molecule is CNCc1c(F)cccc1N1CCOCC1C(=O)NC. The highest BCUT2D eigenvalue weighted by Gasteiger charge is 2.30. The second-order valence-electron chi connectivity index (χ2n) is 4.67. The Morgan fingerprint density at radius 1 is 1.50 bits per heavy atom. The quantitative estimate of drug-likeness (QED) is 0.844. The van der Waals surface area contributed by atoms with Crippen LogP contribution in [0.2, 0.25) is 0 Å². The van der Waals surface area contributed by atoms with E-state index in [0.29, 0.717) is 31.9 Å². The van der Waals surface area contributed by atoms with E-state index in [1.807, 2.05) is 11.0 Å². The Balaban J connectivity index is 2.37. The van der Waals surface area contributed by atoms with Crippen molar-refractivity contribution >= 4 is 11.6 Å². The van der Waals surface area contributed by atoms with Crippen molar-refractivity contribution in [1.29, 1.82) is 0 Å². The monoisotopic (exact) mass is 281 g/mol. The van der Waals surface area contributed by atoms with Crippen molar-refractivity contribution in [2.24, 2.45) is 0 Å². The summed E-state index contributed by atoms with van der Waals surface area (Å²) in [4.78, 5) is 13.9. The topological polar surface area (TPSA) is 53.6 Å². The minimum Gasteiger partial charge on any atom is -0.377 e. The molecule has 0 spiro atoms. The van der Waals surface area contributed by atoms with Crippen LogP contribution in [0.15, 0.2) is 18.2 Å². The molecule has 1 heterocycles. The van der Waals surface area contributed by atoms with E-state index in [1.165, 1.54) is 6.07 Å². The van der Waals surface area contributed by atoms with Crippen molar-refractivity contribution in [1.82, 2.24) is 10.6 Å². The number of anilines is 1. The second-order valence-corrected chi connectivity index (χ2v) is 4.67. The van der Waals surface area contributed by atoms with Gasteiger partial charge in [-0.1, -0.05) is 6.07 Å². The highest BCUT2D eigenvalue weighted by atomic mass is 19.1. The van der Waals surface area contributed by atoms with Gasteiger partial charge in [-0.3, -0.25) is 4.79 Å². The molecule has 1 atom stereocenters. The summed E-state index contributed by atoms with van der Waals surface area (Å²) in [6.45, 7) is 1.83. The summed E-state index contributed by atoms with van der Waals surface area (Å²) < 4.78 is 19.4. The van der Waals surface area contributed by atoms with Crippen LogP contribution in [0.4, 0.5) is 10.1 Å². The number of rotatable bonds is 4. The van der Waals surface area contributed by atoms with Crippen LogP contribution in [0.1, 0.15) is 5.56 Å². The van der Waals surface area contributed by atoms with Crippen LogP contribution in [-0.2, 0) is 16.1 Å². The molecule has 6 heteroatoms. The van der Waals surface area contributed by atoms with Crippen molar-refractivity contribution in [2.75, 3.05) is 38.8 Å². The predicted molar refractivity (Wildman–Crippen MR) is 75.2 cm³/mol. The van der Waals surface area contributed by atoms with Crippen LogP contribution in [0.25, 0.3) is 0 Å². The number of nitrogens with zero attached hydrogens (tertiary/aromatic N) is 1. The lowest BCUT2D eigenvalue weighted by Gasteiger charge is -2.37. The molecule has 0 saturated carbocycles. The zero-order valence-electron chi connectivity index (χ0n) is 11.8. The van der Waals surface area contributed by atoms with Gasteiger partial charge in [0.15, 0.2) is 0 Å². The van der Waals surface area contributed by atoms with E-state index in [0.717, 1.165) is 5.69 Å². The number of hydrogen-bond acceptors (Lipinski definition) is 4. The summed E-state index contributed by atoms with van der Waals surface area (Å²) in [6.07, 6.45) is 0. The lowest BCUT2D eigenvalue weighted by atomic mass is 10.1. The number of hydrogen-bond donors (Lipinski definition) is 2. The molecule has 1 aliphatic heterocycles. The van der Waals surface area contributed by atoms with Gasteiger partial charge in [0, 0.05) is 31.4 Å². The molecule has 5 nitrogen and oxygen atoms in total. The smallest absolute Gasteiger partial charge is 0.244 e. The van der Waals surface area contributed by atoms with Crippen molar-refractivity contribution in [3.63, 3.8) is 0 Å². The second kappa shape index (κ2) is 6.67. The molecule has 1 saturated heterocycles. The summed E-state index contributed by atoms with van der Waals surface area (Å²) in [6, 6.07) is 4.52. The highest BCUT2D eigenvalue weighted by molar-refractivity contribution is 5.85. The molecule has 2 rings (SSSR count). The number of carbonyl (C=O) groups is 1. The number of ether oxygens (including phenoxy) is 1. The molecule has 2 N–H and O–H groups in total.